The molecule has 1 unspecified atom stereocenters. The molecule has 1 N–H and O–H groups in total. The number of ether oxygens (including phenoxy) is 3. The predicted molar refractivity (Wildman–Crippen MR) is 98.0 cm³/mol. The number of H-pyrrole nitrogens is 1. The van der Waals surface area contributed by atoms with Gasteiger partial charge < -0.3 is 19.2 Å². The summed E-state index contributed by atoms with van der Waals surface area (Å²) in [5, 5.41) is 2.18. The van der Waals surface area contributed by atoms with Gasteiger partial charge in [0, 0.05) is 33.3 Å². The normalized spacial score (nSPS) is 18.0. The summed E-state index contributed by atoms with van der Waals surface area (Å²) in [4.78, 5) is 16.0. The van der Waals surface area contributed by atoms with Crippen LogP contribution in [-0.2, 0) is 20.8 Å². The van der Waals surface area contributed by atoms with Crippen LogP contribution in [0.2, 0.25) is 0 Å². The second-order valence-corrected chi connectivity index (χ2v) is 7.26. The van der Waals surface area contributed by atoms with Gasteiger partial charge in [0.25, 0.3) is 0 Å². The highest BCUT2D eigenvalue weighted by Crippen LogP contribution is 2.33. The Bertz CT molecular complexity index is 891. The fourth-order valence-electron chi connectivity index (χ4n) is 3.19. The summed E-state index contributed by atoms with van der Waals surface area (Å²) in [6, 6.07) is 8.10. The number of fused-ring (bicyclic) bond motifs is 3. The fourth-order valence-corrected chi connectivity index (χ4v) is 4.16. The first-order chi connectivity index (χ1) is 12.2. The third kappa shape index (κ3) is 3.42. The molecule has 1 aliphatic heterocycles. The van der Waals surface area contributed by atoms with Crippen molar-refractivity contribution in [2.24, 2.45) is 0 Å². The van der Waals surface area contributed by atoms with Crippen LogP contribution in [0.5, 0.6) is 0 Å². The lowest BCUT2D eigenvalue weighted by molar-refractivity contribution is -0.169. The SMILES string of the molecule is CCOC(=O)c1cc2c(ccc3[nH]c(COC4CCCCO4)cc32)s1. The van der Waals surface area contributed by atoms with Gasteiger partial charge in [0.15, 0.2) is 6.29 Å². The molecule has 6 heteroatoms. The molecule has 25 heavy (non-hydrogen) atoms. The third-order valence-corrected chi connectivity index (χ3v) is 5.48. The van der Waals surface area contributed by atoms with Crippen molar-refractivity contribution in [3.63, 3.8) is 0 Å². The van der Waals surface area contributed by atoms with Crippen molar-refractivity contribution in [3.8, 4) is 0 Å². The first-order valence-corrected chi connectivity index (χ1v) is 9.50. The molecule has 4 rings (SSSR count). The summed E-state index contributed by atoms with van der Waals surface area (Å²) in [6.45, 7) is 3.48. The number of aromatic amines is 1. The van der Waals surface area contributed by atoms with Gasteiger partial charge in [-0.3, -0.25) is 0 Å². The van der Waals surface area contributed by atoms with Gasteiger partial charge in [0.05, 0.1) is 13.2 Å². The molecule has 0 saturated carbocycles. The van der Waals surface area contributed by atoms with Crippen LogP contribution in [-0.4, -0.2) is 30.5 Å². The van der Waals surface area contributed by atoms with Crippen LogP contribution in [0.1, 0.15) is 41.6 Å². The van der Waals surface area contributed by atoms with Crippen LogP contribution in [0.25, 0.3) is 21.0 Å². The molecule has 1 saturated heterocycles. The van der Waals surface area contributed by atoms with Crippen molar-refractivity contribution < 1.29 is 19.0 Å². The number of carbonyl (C=O) groups is 1. The van der Waals surface area contributed by atoms with E-state index in [0.29, 0.717) is 18.1 Å². The van der Waals surface area contributed by atoms with Gasteiger partial charge in [-0.05, 0) is 50.5 Å². The number of esters is 1. The monoisotopic (exact) mass is 359 g/mol. The molecule has 1 aromatic carbocycles. The highest BCUT2D eigenvalue weighted by atomic mass is 32.1. The van der Waals surface area contributed by atoms with Gasteiger partial charge in [-0.2, -0.15) is 0 Å². The van der Waals surface area contributed by atoms with Crippen LogP contribution in [0.3, 0.4) is 0 Å². The van der Waals surface area contributed by atoms with E-state index in [-0.39, 0.29) is 12.3 Å². The molecule has 0 aliphatic carbocycles. The Hall–Kier alpha value is -1.89. The third-order valence-electron chi connectivity index (χ3n) is 4.40. The number of aromatic nitrogens is 1. The molecule has 0 bridgehead atoms. The van der Waals surface area contributed by atoms with Crippen molar-refractivity contribution in [2.45, 2.75) is 39.1 Å². The molecular weight excluding hydrogens is 338 g/mol. The second-order valence-electron chi connectivity index (χ2n) is 6.17. The van der Waals surface area contributed by atoms with E-state index in [0.717, 1.165) is 52.6 Å². The molecule has 132 valence electrons. The maximum Gasteiger partial charge on any atom is 0.348 e. The average Bonchev–Trinajstić information content (AvgIpc) is 3.24. The average molecular weight is 359 g/mol. The van der Waals surface area contributed by atoms with Gasteiger partial charge in [-0.1, -0.05) is 0 Å². The maximum atomic E-state index is 12.0. The summed E-state index contributed by atoms with van der Waals surface area (Å²) >= 11 is 1.47. The molecule has 3 aromatic rings. The first-order valence-electron chi connectivity index (χ1n) is 8.69. The molecular formula is C19H21NO4S. The lowest BCUT2D eigenvalue weighted by Gasteiger charge is -2.22. The van der Waals surface area contributed by atoms with E-state index in [4.69, 9.17) is 14.2 Å². The smallest absolute Gasteiger partial charge is 0.348 e. The minimum absolute atomic E-state index is 0.100. The summed E-state index contributed by atoms with van der Waals surface area (Å²) in [6.07, 6.45) is 3.13. The van der Waals surface area contributed by atoms with Crippen molar-refractivity contribution in [1.29, 1.82) is 0 Å². The van der Waals surface area contributed by atoms with Gasteiger partial charge in [-0.25, -0.2) is 4.79 Å². The minimum Gasteiger partial charge on any atom is -0.462 e. The summed E-state index contributed by atoms with van der Waals surface area (Å²) in [7, 11) is 0. The number of hydrogen-bond acceptors (Lipinski definition) is 5. The Morgan fingerprint density at radius 2 is 2.24 bits per heavy atom. The fraction of sp³-hybridized carbons (Fsp3) is 0.421. The summed E-state index contributed by atoms with van der Waals surface area (Å²) < 4.78 is 17.7. The quantitative estimate of drug-likeness (QED) is 0.676. The van der Waals surface area contributed by atoms with E-state index in [9.17, 15) is 4.79 Å². The topological polar surface area (TPSA) is 60.6 Å². The minimum atomic E-state index is -0.259. The zero-order chi connectivity index (χ0) is 17.2. The van der Waals surface area contributed by atoms with Crippen molar-refractivity contribution >= 4 is 38.3 Å². The standard InChI is InChI=1S/C19H21NO4S/c1-2-22-19(21)17-10-14-13-9-12(11-24-18-5-3-4-8-23-18)20-15(13)6-7-16(14)25-17/h6-7,9-10,18,20H,2-5,8,11H2,1H3. The highest BCUT2D eigenvalue weighted by molar-refractivity contribution is 7.20. The summed E-state index contributed by atoms with van der Waals surface area (Å²) in [5.41, 5.74) is 2.06. The number of hydrogen-bond donors (Lipinski definition) is 1. The number of rotatable bonds is 5. The predicted octanol–water partition coefficient (Wildman–Crippen LogP) is 4.60. The van der Waals surface area contributed by atoms with Crippen molar-refractivity contribution in [3.05, 3.63) is 34.8 Å². The molecule has 0 amide bonds. The maximum absolute atomic E-state index is 12.0. The number of carbonyl (C=O) groups excluding carboxylic acids is 1. The molecule has 1 atom stereocenters. The zero-order valence-corrected chi connectivity index (χ0v) is 15.0. The lowest BCUT2D eigenvalue weighted by Crippen LogP contribution is -2.22. The lowest BCUT2D eigenvalue weighted by atomic mass is 10.1. The molecule has 2 aromatic heterocycles. The Labute approximate surface area is 149 Å². The molecule has 5 nitrogen and oxygen atoms in total. The van der Waals surface area contributed by atoms with Gasteiger partial charge in [0.2, 0.25) is 0 Å². The van der Waals surface area contributed by atoms with E-state index < -0.39 is 0 Å². The Kier molecular flexibility index (Phi) is 4.74. The van der Waals surface area contributed by atoms with E-state index in [1.165, 1.54) is 11.3 Å². The van der Waals surface area contributed by atoms with E-state index in [1.54, 1.807) is 0 Å². The number of thiophene rings is 1. The van der Waals surface area contributed by atoms with E-state index >= 15 is 0 Å². The molecule has 1 aliphatic rings. The van der Waals surface area contributed by atoms with E-state index in [1.807, 2.05) is 25.1 Å². The van der Waals surface area contributed by atoms with Crippen molar-refractivity contribution in [1.82, 2.24) is 4.98 Å². The van der Waals surface area contributed by atoms with Crippen molar-refractivity contribution in [2.75, 3.05) is 13.2 Å². The number of nitrogens with one attached hydrogen (secondary N) is 1. The van der Waals surface area contributed by atoms with Crippen LogP contribution >= 0.6 is 11.3 Å². The zero-order valence-electron chi connectivity index (χ0n) is 14.2. The highest BCUT2D eigenvalue weighted by Gasteiger charge is 2.16. The van der Waals surface area contributed by atoms with Gasteiger partial charge >= 0.3 is 5.97 Å². The van der Waals surface area contributed by atoms with Crippen LogP contribution < -0.4 is 0 Å². The van der Waals surface area contributed by atoms with Gasteiger partial charge in [-0.15, -0.1) is 11.3 Å². The molecule has 0 spiro atoms. The van der Waals surface area contributed by atoms with Gasteiger partial charge in [0.1, 0.15) is 4.88 Å². The Balaban J connectivity index is 1.58. The summed E-state index contributed by atoms with van der Waals surface area (Å²) in [5.74, 6) is -0.259. The Morgan fingerprint density at radius 1 is 1.32 bits per heavy atom. The number of benzene rings is 1. The molecule has 3 heterocycles. The van der Waals surface area contributed by atoms with Crippen LogP contribution in [0.4, 0.5) is 0 Å². The first kappa shape index (κ1) is 16.6. The van der Waals surface area contributed by atoms with Crippen LogP contribution in [0, 0.1) is 0 Å². The molecule has 1 fully saturated rings. The largest absolute Gasteiger partial charge is 0.462 e. The second kappa shape index (κ2) is 7.15. The molecule has 0 radical (unpaired) electrons. The Morgan fingerprint density at radius 3 is 3.04 bits per heavy atom. The van der Waals surface area contributed by atoms with E-state index in [2.05, 4.69) is 11.1 Å². The van der Waals surface area contributed by atoms with Crippen LogP contribution in [0.15, 0.2) is 24.3 Å².